The SMILES string of the molecule is CCc1ccc(S(=O)(=O)NCCS(=O)(=O)NC)cc1N. The first-order chi connectivity index (χ1) is 9.22. The lowest BCUT2D eigenvalue weighted by Crippen LogP contribution is -2.33. The minimum absolute atomic E-state index is 0.0223. The summed E-state index contributed by atoms with van der Waals surface area (Å²) in [6.07, 6.45) is 0.708. The molecule has 0 aliphatic heterocycles. The molecule has 1 aromatic rings. The third kappa shape index (κ3) is 4.44. The summed E-state index contributed by atoms with van der Waals surface area (Å²) in [4.78, 5) is 0.0223. The Bertz CT molecular complexity index is 669. The van der Waals surface area contributed by atoms with E-state index in [1.807, 2.05) is 6.92 Å². The maximum Gasteiger partial charge on any atom is 0.240 e. The van der Waals surface area contributed by atoms with Gasteiger partial charge in [0.2, 0.25) is 20.0 Å². The average molecular weight is 321 g/mol. The standard InChI is InChI=1S/C11H19N3O4S2/c1-3-9-4-5-10(8-11(9)12)20(17,18)14-6-7-19(15,16)13-2/h4-5,8,13-14H,3,6-7,12H2,1-2H3. The van der Waals surface area contributed by atoms with Crippen molar-refractivity contribution in [1.82, 2.24) is 9.44 Å². The minimum Gasteiger partial charge on any atom is -0.398 e. The van der Waals surface area contributed by atoms with Gasteiger partial charge in [-0.15, -0.1) is 0 Å². The fraction of sp³-hybridized carbons (Fsp3) is 0.455. The molecule has 0 radical (unpaired) electrons. The molecule has 0 amide bonds. The zero-order chi connectivity index (χ0) is 15.4. The highest BCUT2D eigenvalue weighted by atomic mass is 32.2. The van der Waals surface area contributed by atoms with Crippen molar-refractivity contribution < 1.29 is 16.8 Å². The van der Waals surface area contributed by atoms with E-state index in [2.05, 4.69) is 9.44 Å². The van der Waals surface area contributed by atoms with Crippen LogP contribution in [0.4, 0.5) is 5.69 Å². The van der Waals surface area contributed by atoms with E-state index in [1.165, 1.54) is 19.2 Å². The Morgan fingerprint density at radius 3 is 2.35 bits per heavy atom. The molecule has 0 saturated carbocycles. The van der Waals surface area contributed by atoms with Gasteiger partial charge in [-0.25, -0.2) is 26.3 Å². The summed E-state index contributed by atoms with van der Waals surface area (Å²) >= 11 is 0. The van der Waals surface area contributed by atoms with Crippen LogP contribution in [0.25, 0.3) is 0 Å². The van der Waals surface area contributed by atoms with Gasteiger partial charge in [-0.1, -0.05) is 13.0 Å². The van der Waals surface area contributed by atoms with Crippen molar-refractivity contribution in [2.24, 2.45) is 0 Å². The monoisotopic (exact) mass is 321 g/mol. The Morgan fingerprint density at radius 1 is 1.20 bits per heavy atom. The van der Waals surface area contributed by atoms with Crippen molar-refractivity contribution in [3.05, 3.63) is 23.8 Å². The summed E-state index contributed by atoms with van der Waals surface area (Å²) in [6.45, 7) is 1.71. The predicted octanol–water partition coefficient (Wildman–Crippen LogP) is -0.341. The van der Waals surface area contributed by atoms with E-state index in [9.17, 15) is 16.8 Å². The first-order valence-electron chi connectivity index (χ1n) is 6.01. The molecule has 1 aromatic carbocycles. The molecular weight excluding hydrogens is 302 g/mol. The Kier molecular flexibility index (Phi) is 5.51. The molecule has 0 aromatic heterocycles. The second-order valence-corrected chi connectivity index (χ2v) is 7.95. The number of hydrogen-bond acceptors (Lipinski definition) is 5. The number of hydrogen-bond donors (Lipinski definition) is 3. The molecule has 9 heteroatoms. The molecule has 114 valence electrons. The quantitative estimate of drug-likeness (QED) is 0.594. The summed E-state index contributed by atoms with van der Waals surface area (Å²) < 4.78 is 50.7. The molecule has 0 saturated heterocycles. The highest BCUT2D eigenvalue weighted by Crippen LogP contribution is 2.18. The van der Waals surface area contributed by atoms with Gasteiger partial charge in [0.1, 0.15) is 0 Å². The normalized spacial score (nSPS) is 12.5. The van der Waals surface area contributed by atoms with E-state index in [-0.39, 0.29) is 17.2 Å². The lowest BCUT2D eigenvalue weighted by molar-refractivity contribution is 0.578. The number of nitrogen functional groups attached to an aromatic ring is 1. The lowest BCUT2D eigenvalue weighted by Gasteiger charge is -2.09. The van der Waals surface area contributed by atoms with Gasteiger partial charge in [-0.05, 0) is 31.2 Å². The molecule has 1 rings (SSSR count). The van der Waals surface area contributed by atoms with Crippen LogP contribution >= 0.6 is 0 Å². The molecule has 20 heavy (non-hydrogen) atoms. The highest BCUT2D eigenvalue weighted by Gasteiger charge is 2.16. The Labute approximate surface area is 119 Å². The van der Waals surface area contributed by atoms with Crippen molar-refractivity contribution in [2.45, 2.75) is 18.2 Å². The van der Waals surface area contributed by atoms with Crippen molar-refractivity contribution in [1.29, 1.82) is 0 Å². The predicted molar refractivity (Wildman–Crippen MR) is 78.3 cm³/mol. The van der Waals surface area contributed by atoms with E-state index in [0.717, 1.165) is 5.56 Å². The number of rotatable bonds is 7. The number of nitrogens with two attached hydrogens (primary N) is 1. The fourth-order valence-electron chi connectivity index (χ4n) is 1.56. The second-order valence-electron chi connectivity index (χ2n) is 4.13. The smallest absolute Gasteiger partial charge is 0.240 e. The van der Waals surface area contributed by atoms with Crippen molar-refractivity contribution in [2.75, 3.05) is 25.1 Å². The maximum atomic E-state index is 12.0. The van der Waals surface area contributed by atoms with E-state index in [1.54, 1.807) is 6.07 Å². The van der Waals surface area contributed by atoms with Crippen LogP contribution < -0.4 is 15.2 Å². The van der Waals surface area contributed by atoms with Crippen LogP contribution in [0.5, 0.6) is 0 Å². The minimum atomic E-state index is -3.76. The summed E-state index contributed by atoms with van der Waals surface area (Å²) in [5.41, 5.74) is 7.01. The van der Waals surface area contributed by atoms with Crippen molar-refractivity contribution >= 4 is 25.7 Å². The van der Waals surface area contributed by atoms with Crippen LogP contribution in [0.1, 0.15) is 12.5 Å². The third-order valence-electron chi connectivity index (χ3n) is 2.78. The van der Waals surface area contributed by atoms with E-state index in [0.29, 0.717) is 12.1 Å². The van der Waals surface area contributed by atoms with Gasteiger partial charge in [0.05, 0.1) is 10.6 Å². The molecule has 0 fully saturated rings. The molecule has 0 aliphatic rings. The van der Waals surface area contributed by atoms with E-state index >= 15 is 0 Å². The largest absolute Gasteiger partial charge is 0.398 e. The van der Waals surface area contributed by atoms with Gasteiger partial charge in [-0.2, -0.15) is 0 Å². The number of sulfonamides is 2. The zero-order valence-electron chi connectivity index (χ0n) is 11.4. The third-order valence-corrected chi connectivity index (χ3v) is 5.60. The van der Waals surface area contributed by atoms with Crippen LogP contribution in [0, 0.1) is 0 Å². The Balaban J connectivity index is 2.82. The van der Waals surface area contributed by atoms with Crippen LogP contribution in [0.2, 0.25) is 0 Å². The zero-order valence-corrected chi connectivity index (χ0v) is 13.0. The van der Waals surface area contributed by atoms with Crippen LogP contribution in [0.15, 0.2) is 23.1 Å². The number of nitrogens with one attached hydrogen (secondary N) is 2. The van der Waals surface area contributed by atoms with Gasteiger partial charge in [0.25, 0.3) is 0 Å². The Morgan fingerprint density at radius 2 is 1.85 bits per heavy atom. The summed E-state index contributed by atoms with van der Waals surface area (Å²) in [5, 5.41) is 0. The molecule has 0 heterocycles. The summed E-state index contributed by atoms with van der Waals surface area (Å²) in [5.74, 6) is -0.328. The van der Waals surface area contributed by atoms with Gasteiger partial charge in [-0.3, -0.25) is 0 Å². The van der Waals surface area contributed by atoms with Crippen molar-refractivity contribution in [3.8, 4) is 0 Å². The molecule has 0 atom stereocenters. The van der Waals surface area contributed by atoms with Crippen LogP contribution in [-0.2, 0) is 26.5 Å². The van der Waals surface area contributed by atoms with E-state index in [4.69, 9.17) is 5.73 Å². The highest BCUT2D eigenvalue weighted by molar-refractivity contribution is 7.90. The molecular formula is C11H19N3O4S2. The maximum absolute atomic E-state index is 12.0. The molecule has 0 unspecified atom stereocenters. The van der Waals surface area contributed by atoms with Gasteiger partial charge in [0, 0.05) is 12.2 Å². The molecule has 0 aliphatic carbocycles. The molecule has 0 bridgehead atoms. The van der Waals surface area contributed by atoms with Gasteiger partial charge >= 0.3 is 0 Å². The number of aryl methyl sites for hydroxylation is 1. The number of benzene rings is 1. The summed E-state index contributed by atoms with van der Waals surface area (Å²) in [7, 11) is -5.93. The van der Waals surface area contributed by atoms with Crippen LogP contribution in [-0.4, -0.2) is 36.2 Å². The first-order valence-corrected chi connectivity index (χ1v) is 9.14. The van der Waals surface area contributed by atoms with E-state index < -0.39 is 20.0 Å². The van der Waals surface area contributed by atoms with Crippen LogP contribution in [0.3, 0.4) is 0 Å². The topological polar surface area (TPSA) is 118 Å². The van der Waals surface area contributed by atoms with Gasteiger partial charge in [0.15, 0.2) is 0 Å². The lowest BCUT2D eigenvalue weighted by atomic mass is 10.1. The molecule has 4 N–H and O–H groups in total. The number of anilines is 1. The van der Waals surface area contributed by atoms with Crippen molar-refractivity contribution in [3.63, 3.8) is 0 Å². The summed E-state index contributed by atoms with van der Waals surface area (Å²) in [6, 6.07) is 4.46. The average Bonchev–Trinajstić information content (AvgIpc) is 2.38. The Hall–Kier alpha value is -1.16. The van der Waals surface area contributed by atoms with Gasteiger partial charge < -0.3 is 5.73 Å². The fourth-order valence-corrected chi connectivity index (χ4v) is 3.33. The molecule has 0 spiro atoms. The molecule has 7 nitrogen and oxygen atoms in total. The second kappa shape index (κ2) is 6.53. The first kappa shape index (κ1) is 16.9.